The second-order valence-electron chi connectivity index (χ2n) is 8.42. The number of aromatic nitrogens is 3. The molecule has 5 rings (SSSR count). The zero-order valence-electron chi connectivity index (χ0n) is 18.4. The van der Waals surface area contributed by atoms with Gasteiger partial charge in [0.25, 0.3) is 0 Å². The van der Waals surface area contributed by atoms with Crippen LogP contribution in [-0.4, -0.2) is 45.5 Å². The van der Waals surface area contributed by atoms with Crippen molar-refractivity contribution in [1.82, 2.24) is 19.4 Å². The van der Waals surface area contributed by atoms with Crippen LogP contribution in [-0.2, 0) is 6.18 Å². The molecule has 0 amide bonds. The molecule has 1 unspecified atom stereocenters. The van der Waals surface area contributed by atoms with Gasteiger partial charge in [0, 0.05) is 25.2 Å². The molecular formula is C24H24F3N5O. The number of imidazole rings is 1. The average molecular weight is 455 g/mol. The highest BCUT2D eigenvalue weighted by atomic mass is 19.4. The lowest BCUT2D eigenvalue weighted by Gasteiger charge is -2.33. The number of benzene rings is 1. The van der Waals surface area contributed by atoms with Crippen LogP contribution >= 0.6 is 0 Å². The van der Waals surface area contributed by atoms with Crippen LogP contribution in [0.25, 0.3) is 5.69 Å². The molecule has 0 spiro atoms. The van der Waals surface area contributed by atoms with Gasteiger partial charge in [0.1, 0.15) is 17.6 Å². The molecule has 3 aromatic rings. The molecule has 6 nitrogen and oxygen atoms in total. The van der Waals surface area contributed by atoms with Gasteiger partial charge in [0.05, 0.1) is 30.4 Å². The zero-order valence-corrected chi connectivity index (χ0v) is 18.4. The quantitative estimate of drug-likeness (QED) is 0.560. The summed E-state index contributed by atoms with van der Waals surface area (Å²) in [5.74, 6) is 0.795. The Kier molecular flexibility index (Phi) is 5.34. The minimum atomic E-state index is -4.39. The van der Waals surface area contributed by atoms with E-state index < -0.39 is 11.7 Å². The van der Waals surface area contributed by atoms with E-state index in [4.69, 9.17) is 9.73 Å². The summed E-state index contributed by atoms with van der Waals surface area (Å²) < 4.78 is 48.4. The first kappa shape index (κ1) is 21.5. The van der Waals surface area contributed by atoms with Gasteiger partial charge in [0.15, 0.2) is 0 Å². The molecule has 1 fully saturated rings. The van der Waals surface area contributed by atoms with E-state index in [-0.39, 0.29) is 12.0 Å². The largest absolute Gasteiger partial charge is 0.479 e. The fourth-order valence-corrected chi connectivity index (χ4v) is 4.76. The molecule has 33 heavy (non-hydrogen) atoms. The fourth-order valence-electron chi connectivity index (χ4n) is 4.76. The summed E-state index contributed by atoms with van der Waals surface area (Å²) >= 11 is 0. The van der Waals surface area contributed by atoms with Crippen molar-refractivity contribution < 1.29 is 17.9 Å². The van der Waals surface area contributed by atoms with Crippen LogP contribution in [0.15, 0.2) is 53.9 Å². The van der Waals surface area contributed by atoms with Gasteiger partial charge >= 0.3 is 6.18 Å². The molecule has 4 heterocycles. The molecule has 2 aromatic heterocycles. The van der Waals surface area contributed by atoms with Crippen LogP contribution < -0.4 is 4.74 Å². The van der Waals surface area contributed by atoms with Gasteiger partial charge in [-0.15, -0.1) is 0 Å². The van der Waals surface area contributed by atoms with Gasteiger partial charge in [-0.1, -0.05) is 18.2 Å². The molecule has 1 saturated heterocycles. The summed E-state index contributed by atoms with van der Waals surface area (Å²) in [6, 6.07) is 9.40. The Balaban J connectivity index is 1.49. The Hall–Kier alpha value is -3.36. The molecule has 2 aliphatic heterocycles. The standard InChI is InChI=1S/C24H24F3N5O/c1-15-12-32(14-28-15)21-10-9-19(30-23(21)33-2)20-13-31-11-5-7-17(22(31)29-20)16-6-3-4-8-18(16)24(25,26)27/h3-4,6,8-10,12,14,17,20H,5,7,11,13H2,1-2H3/t17-,20?/m0/s1. The lowest BCUT2D eigenvalue weighted by molar-refractivity contribution is -0.138. The number of aryl methyl sites for hydroxylation is 1. The van der Waals surface area contributed by atoms with Crippen LogP contribution in [0, 0.1) is 6.92 Å². The normalized spacial score (nSPS) is 20.5. The summed E-state index contributed by atoms with van der Waals surface area (Å²) in [7, 11) is 1.56. The SMILES string of the molecule is COc1nc(C2CN3CCC[C@@H](c4ccccc4C(F)(F)F)C3=N2)ccc1-n1cnc(C)c1. The lowest BCUT2D eigenvalue weighted by atomic mass is 9.86. The number of piperidine rings is 1. The van der Waals surface area contributed by atoms with Crippen molar-refractivity contribution in [2.24, 2.45) is 4.99 Å². The topological polar surface area (TPSA) is 55.5 Å². The van der Waals surface area contributed by atoms with Gasteiger partial charge in [-0.3, -0.25) is 4.99 Å². The van der Waals surface area contributed by atoms with Gasteiger partial charge < -0.3 is 14.2 Å². The summed E-state index contributed by atoms with van der Waals surface area (Å²) in [5, 5.41) is 0. The molecule has 0 aliphatic carbocycles. The first-order chi connectivity index (χ1) is 15.8. The molecular weight excluding hydrogens is 431 g/mol. The number of fused-ring (bicyclic) bond motifs is 1. The summed E-state index contributed by atoms with van der Waals surface area (Å²) in [6.45, 7) is 3.28. The third-order valence-electron chi connectivity index (χ3n) is 6.27. The third-order valence-corrected chi connectivity index (χ3v) is 6.27. The highest BCUT2D eigenvalue weighted by Gasteiger charge is 2.40. The molecule has 172 valence electrons. The summed E-state index contributed by atoms with van der Waals surface area (Å²) in [5.41, 5.74) is 2.10. The van der Waals surface area contributed by atoms with Crippen LogP contribution in [0.2, 0.25) is 0 Å². The maximum atomic E-state index is 13.7. The number of aliphatic imine (C=N–C) groups is 1. The van der Waals surface area contributed by atoms with Crippen LogP contribution in [0.5, 0.6) is 5.88 Å². The van der Waals surface area contributed by atoms with E-state index in [2.05, 4.69) is 14.9 Å². The van der Waals surface area contributed by atoms with Crippen LogP contribution in [0.1, 0.15) is 47.3 Å². The predicted molar refractivity (Wildman–Crippen MR) is 118 cm³/mol. The van der Waals surface area contributed by atoms with Gasteiger partial charge in [-0.25, -0.2) is 9.97 Å². The number of ether oxygens (including phenoxy) is 1. The first-order valence-electron chi connectivity index (χ1n) is 10.9. The van der Waals surface area contributed by atoms with Gasteiger partial charge in [-0.05, 0) is 43.5 Å². The highest BCUT2D eigenvalue weighted by Crippen LogP contribution is 2.41. The van der Waals surface area contributed by atoms with E-state index in [0.29, 0.717) is 24.4 Å². The monoisotopic (exact) mass is 455 g/mol. The Morgan fingerprint density at radius 3 is 2.67 bits per heavy atom. The van der Waals surface area contributed by atoms with E-state index in [1.54, 1.807) is 25.6 Å². The average Bonchev–Trinajstić information content (AvgIpc) is 3.44. The van der Waals surface area contributed by atoms with Crippen molar-refractivity contribution in [2.45, 2.75) is 37.9 Å². The number of nitrogens with zero attached hydrogens (tertiary/aromatic N) is 5. The molecule has 2 aliphatic rings. The molecule has 0 N–H and O–H groups in total. The molecule has 2 atom stereocenters. The number of amidine groups is 1. The molecule has 0 radical (unpaired) electrons. The third kappa shape index (κ3) is 3.96. The predicted octanol–water partition coefficient (Wildman–Crippen LogP) is 4.94. The number of alkyl halides is 3. The van der Waals surface area contributed by atoms with Crippen LogP contribution in [0.3, 0.4) is 0 Å². The minimum Gasteiger partial charge on any atom is -0.479 e. The van der Waals surface area contributed by atoms with E-state index in [1.165, 1.54) is 6.07 Å². The number of hydrogen-bond acceptors (Lipinski definition) is 5. The molecule has 0 saturated carbocycles. The second kappa shape index (κ2) is 8.20. The van der Waals surface area contributed by atoms with E-state index >= 15 is 0 Å². The molecule has 9 heteroatoms. The number of methoxy groups -OCH3 is 1. The number of halogens is 3. The first-order valence-corrected chi connectivity index (χ1v) is 10.9. The van der Waals surface area contributed by atoms with Crippen molar-refractivity contribution in [3.8, 4) is 11.6 Å². The van der Waals surface area contributed by atoms with Crippen molar-refractivity contribution >= 4 is 5.84 Å². The Labute approximate surface area is 189 Å². The molecule has 1 aromatic carbocycles. The fraction of sp³-hybridized carbons (Fsp3) is 0.375. The lowest BCUT2D eigenvalue weighted by Crippen LogP contribution is -2.38. The van der Waals surface area contributed by atoms with Crippen molar-refractivity contribution in [3.05, 3.63) is 71.4 Å². The number of hydrogen-bond donors (Lipinski definition) is 0. The van der Waals surface area contributed by atoms with E-state index in [9.17, 15) is 13.2 Å². The summed E-state index contributed by atoms with van der Waals surface area (Å²) in [4.78, 5) is 15.9. The van der Waals surface area contributed by atoms with Crippen LogP contribution in [0.4, 0.5) is 13.2 Å². The van der Waals surface area contributed by atoms with Gasteiger partial charge in [-0.2, -0.15) is 13.2 Å². The smallest absolute Gasteiger partial charge is 0.416 e. The van der Waals surface area contributed by atoms with Gasteiger partial charge in [0.2, 0.25) is 5.88 Å². The zero-order chi connectivity index (χ0) is 23.2. The molecule has 0 bridgehead atoms. The Morgan fingerprint density at radius 1 is 1.12 bits per heavy atom. The van der Waals surface area contributed by atoms with E-state index in [1.807, 2.05) is 29.8 Å². The van der Waals surface area contributed by atoms with Crippen molar-refractivity contribution in [2.75, 3.05) is 20.2 Å². The maximum Gasteiger partial charge on any atom is 0.416 e. The van der Waals surface area contributed by atoms with Crippen molar-refractivity contribution in [3.63, 3.8) is 0 Å². The number of rotatable bonds is 4. The Morgan fingerprint density at radius 2 is 1.94 bits per heavy atom. The minimum absolute atomic E-state index is 0.258. The van der Waals surface area contributed by atoms with Crippen molar-refractivity contribution in [1.29, 1.82) is 0 Å². The number of pyridine rings is 1. The highest BCUT2D eigenvalue weighted by molar-refractivity contribution is 5.91. The second-order valence-corrected chi connectivity index (χ2v) is 8.42. The van der Waals surface area contributed by atoms with E-state index in [0.717, 1.165) is 41.9 Å². The maximum absolute atomic E-state index is 13.7. The summed E-state index contributed by atoms with van der Waals surface area (Å²) in [6.07, 6.45) is 0.655. The Bertz CT molecular complexity index is 1200.